The highest BCUT2D eigenvalue weighted by Crippen LogP contribution is 2.40. The number of aliphatic hydroxyl groups excluding tert-OH is 2. The van der Waals surface area contributed by atoms with E-state index in [4.69, 9.17) is 28.9 Å². The zero-order valence-electron chi connectivity index (χ0n) is 67.8. The van der Waals surface area contributed by atoms with E-state index in [1.54, 1.807) is 12.1 Å². The Bertz CT molecular complexity index is 5070. The number of imidazole rings is 2. The first-order valence-corrected chi connectivity index (χ1v) is 41.8. The molecule has 30 heteroatoms. The minimum Gasteiger partial charge on any atom is -0.491 e. The van der Waals surface area contributed by atoms with Crippen molar-refractivity contribution in [1.29, 1.82) is 0 Å². The van der Waals surface area contributed by atoms with Crippen molar-refractivity contribution in [3.05, 3.63) is 177 Å². The van der Waals surface area contributed by atoms with Gasteiger partial charge in [0.1, 0.15) is 36.8 Å². The lowest BCUT2D eigenvalue weighted by Crippen LogP contribution is -2.54. The van der Waals surface area contributed by atoms with Crippen LogP contribution in [0.25, 0.3) is 22.1 Å². The van der Waals surface area contributed by atoms with E-state index in [2.05, 4.69) is 86.8 Å². The number of piperidine rings is 2. The Balaban J connectivity index is 0.000000163. The molecule has 0 radical (unpaired) electrons. The molecule has 2 aliphatic carbocycles. The summed E-state index contributed by atoms with van der Waals surface area (Å²) in [5, 5.41) is 33.3. The van der Waals surface area contributed by atoms with Crippen LogP contribution in [-0.2, 0) is 41.7 Å². The molecule has 7 N–H and O–H groups in total. The minimum atomic E-state index is -1.01. The van der Waals surface area contributed by atoms with E-state index < -0.39 is 59.3 Å². The number of carbonyl (C=O) groups excluding carboxylic acids is 10. The normalized spacial score (nSPS) is 21.1. The molecule has 6 aromatic carbocycles. The topological polar surface area (TPSA) is 360 Å². The second kappa shape index (κ2) is 39.3. The SMILES string of the molecule is CCCOCCOc1ccc2c(c1)C(=O)N(C1CCC(=O)NC1=O)C2=O.Cc1cccc(C(=O)Nc2nc3cc(CN4CCN(CCOCCOc5ccc6c(c5)C(=O)N(C5CCC(=O)NC5=O)C6=O)CC4)ccc3n2C2CCC(CO)CC2)c1.Cc1cccc(C(=O)Nc2nc3cc(CN4CCNCC4)ccc3n2C2CCC(CO)CC2)c1. The number of fused-ring (bicyclic) bond motifs is 4. The van der Waals surface area contributed by atoms with E-state index in [1.165, 1.54) is 35.4 Å². The fraction of sp³-hybridized carbons (Fsp3) is 0.461. The van der Waals surface area contributed by atoms with Gasteiger partial charge in [0.15, 0.2) is 0 Å². The van der Waals surface area contributed by atoms with Gasteiger partial charge < -0.3 is 43.6 Å². The fourth-order valence-corrected chi connectivity index (χ4v) is 17.1. The second-order valence-corrected chi connectivity index (χ2v) is 32.0. The number of aliphatic hydroxyl groups is 2. The number of hydrogen-bond donors (Lipinski definition) is 7. The van der Waals surface area contributed by atoms with Gasteiger partial charge in [-0.15, -0.1) is 0 Å². The van der Waals surface area contributed by atoms with Crippen LogP contribution in [-0.4, -0.2) is 237 Å². The number of hydrogen-bond acceptors (Lipinski definition) is 22. The molecule has 2 saturated carbocycles. The number of anilines is 2. The standard InChI is InChI=1S/C44H51N7O8.C27H35N5O2.C18H20N2O6/c1-28-3-2-4-31(23-28)40(54)47-44-45-36-24-30(7-12-37(36)50(44)32-8-5-29(27-52)6-9-32)26-49-17-15-48(16-18-49)19-20-58-21-22-59-33-10-11-34-35(25-33)43(57)51(42(34)56)38-13-14-39(53)46-41(38)55;1-19-3-2-4-22(15-19)26(34)30-27-29-24-16-21(17-31-13-11-28-12-14-31)7-10-25(24)32(27)23-8-5-20(18-33)6-9-23;1-2-7-25-8-9-26-11-3-4-12-13(10-11)18(24)20(17(12)23)14-5-6-15(21)19-16(14)22/h2-4,7,10-12,23-25,29,32,38,52H,5-6,8-9,13-22,26-27H2,1H3,(H,45,47,54)(H,46,53,55);2-4,7,10,15-16,20,23,28,33H,5-6,8-9,11-14,17-18H2,1H3,(H,29,30,34);3-4,10,14H,2,5-9H2,1H3,(H,19,21,22). The molecular formula is C89H106N14O16. The summed E-state index contributed by atoms with van der Waals surface area (Å²) in [5.41, 5.74) is 10.4. The van der Waals surface area contributed by atoms with E-state index in [1.807, 2.05) is 69.3 Å². The number of ether oxygens (including phenoxy) is 4. The molecule has 0 spiro atoms. The Hall–Kier alpha value is -11.0. The van der Waals surface area contributed by atoms with Crippen molar-refractivity contribution in [3.8, 4) is 11.5 Å². The Morgan fingerprint density at radius 2 is 0.891 bits per heavy atom. The number of nitrogens with zero attached hydrogens (tertiary/aromatic N) is 9. The predicted molar refractivity (Wildman–Crippen MR) is 443 cm³/mol. The molecule has 8 aliphatic rings. The second-order valence-electron chi connectivity index (χ2n) is 32.0. The maximum Gasteiger partial charge on any atom is 0.262 e. The molecule has 8 heterocycles. The zero-order chi connectivity index (χ0) is 83.2. The summed E-state index contributed by atoms with van der Waals surface area (Å²) >= 11 is 0. The molecule has 2 atom stereocenters. The van der Waals surface area contributed by atoms with Crippen LogP contribution >= 0.6 is 0 Å². The summed E-state index contributed by atoms with van der Waals surface area (Å²) in [5.74, 6) is -1.83. The molecule has 0 bridgehead atoms. The molecule has 30 nitrogen and oxygen atoms in total. The third-order valence-corrected chi connectivity index (χ3v) is 23.6. The third-order valence-electron chi connectivity index (χ3n) is 23.6. The van der Waals surface area contributed by atoms with Crippen LogP contribution in [0.5, 0.6) is 11.5 Å². The van der Waals surface area contributed by atoms with Crippen LogP contribution in [0.15, 0.2) is 121 Å². The van der Waals surface area contributed by atoms with Gasteiger partial charge in [0.2, 0.25) is 35.5 Å². The summed E-state index contributed by atoms with van der Waals surface area (Å²) in [6.45, 7) is 19.4. The van der Waals surface area contributed by atoms with Crippen LogP contribution in [0.1, 0.15) is 187 Å². The van der Waals surface area contributed by atoms with E-state index in [9.17, 15) is 58.2 Å². The maximum absolute atomic E-state index is 13.4. The number of rotatable bonds is 27. The molecular weight excluding hydrogens is 1520 g/mol. The number of benzene rings is 6. The summed E-state index contributed by atoms with van der Waals surface area (Å²) in [7, 11) is 0. The van der Waals surface area contributed by atoms with E-state index in [-0.39, 0.29) is 91.7 Å². The van der Waals surface area contributed by atoms with Crippen molar-refractivity contribution in [2.75, 3.05) is 122 Å². The maximum atomic E-state index is 13.4. The van der Waals surface area contributed by atoms with Gasteiger partial charge in [-0.1, -0.05) is 54.4 Å². The number of aryl methyl sites for hydroxylation is 2. The van der Waals surface area contributed by atoms with Crippen molar-refractivity contribution in [2.24, 2.45) is 11.8 Å². The molecule has 2 aromatic heterocycles. The van der Waals surface area contributed by atoms with Crippen molar-refractivity contribution >= 4 is 93.0 Å². The van der Waals surface area contributed by atoms with Gasteiger partial charge in [-0.05, 0) is 192 Å². The molecule has 2 unspecified atom stereocenters. The first-order valence-electron chi connectivity index (χ1n) is 41.8. The van der Waals surface area contributed by atoms with Crippen LogP contribution in [0, 0.1) is 25.7 Å². The number of nitrogens with one attached hydrogen (secondary N) is 5. The van der Waals surface area contributed by atoms with Crippen LogP contribution in [0.3, 0.4) is 0 Å². The largest absolute Gasteiger partial charge is 0.491 e. The Kier molecular flexibility index (Phi) is 27.9. The van der Waals surface area contributed by atoms with Crippen molar-refractivity contribution in [3.63, 3.8) is 0 Å². The van der Waals surface area contributed by atoms with Gasteiger partial charge >= 0.3 is 0 Å². The molecule has 10 amide bonds. The fourth-order valence-electron chi connectivity index (χ4n) is 17.1. The van der Waals surface area contributed by atoms with Gasteiger partial charge in [-0.2, -0.15) is 0 Å². The van der Waals surface area contributed by atoms with E-state index >= 15 is 0 Å². The monoisotopic (exact) mass is 1630 g/mol. The minimum absolute atomic E-state index is 0.0660. The molecule has 8 aromatic rings. The summed E-state index contributed by atoms with van der Waals surface area (Å²) < 4.78 is 27.0. The molecule has 6 aliphatic heterocycles. The number of carbonyl (C=O) groups is 10. The molecule has 628 valence electrons. The first kappa shape index (κ1) is 84.5. The molecule has 4 saturated heterocycles. The smallest absolute Gasteiger partial charge is 0.262 e. The molecule has 119 heavy (non-hydrogen) atoms. The highest BCUT2D eigenvalue weighted by molar-refractivity contribution is 6.24. The zero-order valence-corrected chi connectivity index (χ0v) is 67.8. The van der Waals surface area contributed by atoms with Crippen LogP contribution in [0.4, 0.5) is 11.9 Å². The van der Waals surface area contributed by atoms with Gasteiger partial charge in [0.25, 0.3) is 35.4 Å². The van der Waals surface area contributed by atoms with Gasteiger partial charge in [0.05, 0.1) is 64.1 Å². The summed E-state index contributed by atoms with van der Waals surface area (Å²) in [6.07, 6.45) is 9.00. The average molecular weight is 1630 g/mol. The predicted octanol–water partition coefficient (Wildman–Crippen LogP) is 8.55. The highest BCUT2D eigenvalue weighted by Gasteiger charge is 2.47. The molecule has 16 rings (SSSR count). The number of aromatic nitrogens is 4. The van der Waals surface area contributed by atoms with Gasteiger partial charge in [0, 0.05) is 128 Å². The summed E-state index contributed by atoms with van der Waals surface area (Å²) in [4.78, 5) is 144. The lowest BCUT2D eigenvalue weighted by atomic mass is 9.86. The number of imide groups is 4. The van der Waals surface area contributed by atoms with Gasteiger partial charge in [-0.3, -0.25) is 93.7 Å². The quantitative estimate of drug-likeness (QED) is 0.0187. The Morgan fingerprint density at radius 3 is 1.32 bits per heavy atom. The van der Waals surface area contributed by atoms with E-state index in [0.717, 1.165) is 173 Å². The summed E-state index contributed by atoms with van der Waals surface area (Å²) in [6, 6.07) is 36.0. The highest BCUT2D eigenvalue weighted by atomic mass is 16.5. The Labute approximate surface area is 690 Å². The third kappa shape index (κ3) is 20.3. The van der Waals surface area contributed by atoms with Crippen LogP contribution in [0.2, 0.25) is 0 Å². The number of piperazine rings is 2. The molecule has 6 fully saturated rings. The lowest BCUT2D eigenvalue weighted by Gasteiger charge is -2.34. The first-order chi connectivity index (χ1) is 57.8. The van der Waals surface area contributed by atoms with E-state index in [0.29, 0.717) is 79.4 Å². The van der Waals surface area contributed by atoms with Crippen LogP contribution < -0.4 is 36.1 Å². The Morgan fingerprint density at radius 1 is 0.462 bits per heavy atom. The van der Waals surface area contributed by atoms with Crippen molar-refractivity contribution in [1.82, 2.24) is 59.6 Å². The van der Waals surface area contributed by atoms with Gasteiger partial charge in [-0.25, -0.2) is 9.97 Å². The average Bonchev–Trinajstić information content (AvgIpc) is 1.63. The van der Waals surface area contributed by atoms with Crippen molar-refractivity contribution in [2.45, 2.75) is 141 Å². The number of amides is 10. The lowest BCUT2D eigenvalue weighted by molar-refractivity contribution is -0.137. The van der Waals surface area contributed by atoms with Crippen molar-refractivity contribution < 1.29 is 77.1 Å².